The molecule has 34 heavy (non-hydrogen) atoms. The zero-order chi connectivity index (χ0) is 25.0. The average molecular weight is 494 g/mol. The maximum absolute atomic E-state index is 12.9. The van der Waals surface area contributed by atoms with Gasteiger partial charge in [-0.25, -0.2) is 4.98 Å². The smallest absolute Gasteiger partial charge is 0.416 e. The van der Waals surface area contributed by atoms with Crippen LogP contribution in [0.3, 0.4) is 0 Å². The summed E-state index contributed by atoms with van der Waals surface area (Å²) in [6, 6.07) is 10.6. The monoisotopic (exact) mass is 493 g/mol. The molecule has 0 aliphatic carbocycles. The second-order valence-electron chi connectivity index (χ2n) is 8.75. The van der Waals surface area contributed by atoms with Gasteiger partial charge in [0.15, 0.2) is 0 Å². The number of halogens is 3. The molecule has 0 saturated heterocycles. The summed E-state index contributed by atoms with van der Waals surface area (Å²) in [4.78, 5) is 5.73. The molecule has 2 unspecified atom stereocenters. The SMILES string of the molecule is Cc1cc(C(O)CCc2sc(-c3ccc(C(F)(F)F)cc3)nc2C(C)C)ccc1OC(C)CO. The molecule has 8 heteroatoms. The van der Waals surface area contributed by atoms with E-state index in [-0.39, 0.29) is 18.6 Å². The van der Waals surface area contributed by atoms with Crippen LogP contribution >= 0.6 is 11.3 Å². The van der Waals surface area contributed by atoms with Gasteiger partial charge >= 0.3 is 6.18 Å². The predicted octanol–water partition coefficient (Wildman–Crippen LogP) is 6.69. The molecule has 0 aliphatic heterocycles. The number of benzene rings is 2. The van der Waals surface area contributed by atoms with Crippen LogP contribution in [0, 0.1) is 6.92 Å². The molecule has 0 fully saturated rings. The largest absolute Gasteiger partial charge is 0.488 e. The number of aliphatic hydroxyl groups excluding tert-OH is 2. The number of nitrogens with zero attached hydrogens (tertiary/aromatic N) is 1. The van der Waals surface area contributed by atoms with E-state index >= 15 is 0 Å². The Hall–Kier alpha value is -2.42. The molecule has 0 amide bonds. The van der Waals surface area contributed by atoms with Gasteiger partial charge in [0.2, 0.25) is 0 Å². The summed E-state index contributed by atoms with van der Waals surface area (Å²) in [6.07, 6.45) is -4.27. The van der Waals surface area contributed by atoms with E-state index in [4.69, 9.17) is 9.72 Å². The molecule has 2 N–H and O–H groups in total. The molecular weight excluding hydrogens is 463 g/mol. The van der Waals surface area contributed by atoms with E-state index in [0.29, 0.717) is 29.2 Å². The quantitative estimate of drug-likeness (QED) is 0.349. The fourth-order valence-corrected chi connectivity index (χ4v) is 4.86. The van der Waals surface area contributed by atoms with Crippen molar-refractivity contribution in [3.8, 4) is 16.3 Å². The Morgan fingerprint density at radius 3 is 2.29 bits per heavy atom. The minimum Gasteiger partial charge on any atom is -0.488 e. The fraction of sp³-hybridized carbons (Fsp3) is 0.423. The van der Waals surface area contributed by atoms with Gasteiger partial charge in [0.25, 0.3) is 0 Å². The highest BCUT2D eigenvalue weighted by Crippen LogP contribution is 2.36. The van der Waals surface area contributed by atoms with E-state index in [9.17, 15) is 23.4 Å². The topological polar surface area (TPSA) is 62.6 Å². The number of hydrogen-bond donors (Lipinski definition) is 2. The van der Waals surface area contributed by atoms with Crippen LogP contribution in [0.1, 0.15) is 66.5 Å². The second-order valence-corrected chi connectivity index (χ2v) is 9.83. The Balaban J connectivity index is 1.74. The Morgan fingerprint density at radius 1 is 1.06 bits per heavy atom. The van der Waals surface area contributed by atoms with E-state index in [0.717, 1.165) is 33.8 Å². The molecule has 3 rings (SSSR count). The number of alkyl halides is 3. The molecule has 0 spiro atoms. The highest BCUT2D eigenvalue weighted by atomic mass is 32.1. The number of aromatic nitrogens is 1. The first-order valence-corrected chi connectivity index (χ1v) is 12.0. The minimum absolute atomic E-state index is 0.0781. The van der Waals surface area contributed by atoms with Crippen molar-refractivity contribution in [2.75, 3.05) is 6.61 Å². The van der Waals surface area contributed by atoms with Gasteiger partial charge in [0, 0.05) is 10.4 Å². The normalized spacial score (nSPS) is 13.8. The summed E-state index contributed by atoms with van der Waals surface area (Å²) < 4.78 is 44.3. The van der Waals surface area contributed by atoms with E-state index in [1.54, 1.807) is 13.0 Å². The van der Waals surface area contributed by atoms with Gasteiger partial charge in [0.05, 0.1) is 24.0 Å². The lowest BCUT2D eigenvalue weighted by molar-refractivity contribution is -0.137. The Labute approximate surface area is 202 Å². The van der Waals surface area contributed by atoms with E-state index in [1.165, 1.54) is 23.5 Å². The predicted molar refractivity (Wildman–Crippen MR) is 128 cm³/mol. The van der Waals surface area contributed by atoms with Crippen LogP contribution in [-0.4, -0.2) is 27.9 Å². The highest BCUT2D eigenvalue weighted by Gasteiger charge is 2.30. The zero-order valence-corrected chi connectivity index (χ0v) is 20.5. The van der Waals surface area contributed by atoms with E-state index < -0.39 is 17.8 Å². The van der Waals surface area contributed by atoms with Crippen molar-refractivity contribution in [3.05, 3.63) is 69.7 Å². The van der Waals surface area contributed by atoms with Gasteiger partial charge < -0.3 is 14.9 Å². The third-order valence-electron chi connectivity index (χ3n) is 5.55. The molecule has 2 atom stereocenters. The van der Waals surface area contributed by atoms with Crippen molar-refractivity contribution in [2.24, 2.45) is 0 Å². The number of aliphatic hydroxyl groups is 2. The number of ether oxygens (including phenoxy) is 1. The molecular formula is C26H30F3NO3S. The number of hydrogen-bond acceptors (Lipinski definition) is 5. The lowest BCUT2D eigenvalue weighted by Gasteiger charge is -2.17. The summed E-state index contributed by atoms with van der Waals surface area (Å²) in [5.74, 6) is 0.821. The van der Waals surface area contributed by atoms with Crippen molar-refractivity contribution in [3.63, 3.8) is 0 Å². The van der Waals surface area contributed by atoms with Crippen molar-refractivity contribution in [1.82, 2.24) is 4.98 Å². The first-order chi connectivity index (χ1) is 16.0. The van der Waals surface area contributed by atoms with Gasteiger partial charge in [0.1, 0.15) is 16.9 Å². The second kappa shape index (κ2) is 10.9. The minimum atomic E-state index is -4.37. The maximum atomic E-state index is 12.9. The molecule has 1 heterocycles. The summed E-state index contributed by atoms with van der Waals surface area (Å²) in [5.41, 5.74) is 2.53. The molecule has 3 aromatic rings. The van der Waals surface area contributed by atoms with Gasteiger partial charge in [-0.1, -0.05) is 32.0 Å². The van der Waals surface area contributed by atoms with Crippen molar-refractivity contribution in [1.29, 1.82) is 0 Å². The highest BCUT2D eigenvalue weighted by molar-refractivity contribution is 7.15. The summed E-state index contributed by atoms with van der Waals surface area (Å²) >= 11 is 1.46. The third kappa shape index (κ3) is 6.37. The van der Waals surface area contributed by atoms with Crippen molar-refractivity contribution in [2.45, 2.75) is 64.8 Å². The van der Waals surface area contributed by atoms with Gasteiger partial charge in [-0.3, -0.25) is 0 Å². The van der Waals surface area contributed by atoms with Crippen LogP contribution in [-0.2, 0) is 12.6 Å². The van der Waals surface area contributed by atoms with Crippen LogP contribution in [0.2, 0.25) is 0 Å². The van der Waals surface area contributed by atoms with Gasteiger partial charge in [-0.15, -0.1) is 11.3 Å². The molecule has 184 valence electrons. The van der Waals surface area contributed by atoms with Crippen LogP contribution < -0.4 is 4.74 Å². The van der Waals surface area contributed by atoms with Crippen LogP contribution in [0.5, 0.6) is 5.75 Å². The molecule has 0 bridgehead atoms. The molecule has 0 saturated carbocycles. The molecule has 1 aromatic heterocycles. The standard InChI is InChI=1S/C26H30F3NO3S/c1-15(2)24-23(34-25(30-24)18-5-8-20(9-6-18)26(27,28)29)12-10-21(32)19-7-11-22(16(3)13-19)33-17(4)14-31/h5-9,11,13,15,17,21,31-32H,10,12,14H2,1-4H3. The van der Waals surface area contributed by atoms with Crippen LogP contribution in [0.25, 0.3) is 10.6 Å². The summed E-state index contributed by atoms with van der Waals surface area (Å²) in [6.45, 7) is 7.65. The average Bonchev–Trinajstić information content (AvgIpc) is 3.23. The van der Waals surface area contributed by atoms with Crippen molar-refractivity contribution < 1.29 is 28.1 Å². The lowest BCUT2D eigenvalue weighted by Crippen LogP contribution is -2.16. The number of thiazole rings is 1. The third-order valence-corrected chi connectivity index (χ3v) is 6.73. The number of aryl methyl sites for hydroxylation is 2. The zero-order valence-electron chi connectivity index (χ0n) is 19.7. The first kappa shape index (κ1) is 26.2. The maximum Gasteiger partial charge on any atom is 0.416 e. The molecule has 4 nitrogen and oxygen atoms in total. The van der Waals surface area contributed by atoms with E-state index in [1.807, 2.05) is 32.9 Å². The molecule has 0 radical (unpaired) electrons. The fourth-order valence-electron chi connectivity index (χ4n) is 3.62. The first-order valence-electron chi connectivity index (χ1n) is 11.2. The van der Waals surface area contributed by atoms with Crippen LogP contribution in [0.15, 0.2) is 42.5 Å². The summed E-state index contributed by atoms with van der Waals surface area (Å²) in [5, 5.41) is 20.6. The Morgan fingerprint density at radius 2 is 1.74 bits per heavy atom. The Bertz CT molecular complexity index is 1090. The number of rotatable bonds is 9. The van der Waals surface area contributed by atoms with Crippen LogP contribution in [0.4, 0.5) is 13.2 Å². The summed E-state index contributed by atoms with van der Waals surface area (Å²) in [7, 11) is 0. The molecule has 2 aromatic carbocycles. The Kier molecular flexibility index (Phi) is 8.38. The lowest BCUT2D eigenvalue weighted by atomic mass is 10.00. The molecule has 0 aliphatic rings. The van der Waals surface area contributed by atoms with Crippen molar-refractivity contribution >= 4 is 11.3 Å². The van der Waals surface area contributed by atoms with Gasteiger partial charge in [-0.05, 0) is 68.0 Å². The van der Waals surface area contributed by atoms with E-state index in [2.05, 4.69) is 0 Å². The van der Waals surface area contributed by atoms with Gasteiger partial charge in [-0.2, -0.15) is 13.2 Å².